The number of halogens is 6. The summed E-state index contributed by atoms with van der Waals surface area (Å²) >= 11 is 0. The Hall–Kier alpha value is -3.41. The zero-order chi connectivity index (χ0) is 28.5. The summed E-state index contributed by atoms with van der Waals surface area (Å²) in [6.45, 7) is 1.61. The number of sulfone groups is 1. The third-order valence-corrected chi connectivity index (χ3v) is 7.40. The van der Waals surface area contributed by atoms with Crippen molar-refractivity contribution in [3.05, 3.63) is 92.7 Å². The van der Waals surface area contributed by atoms with Gasteiger partial charge < -0.3 is 5.32 Å². The highest BCUT2D eigenvalue weighted by Gasteiger charge is 2.40. The second kappa shape index (κ2) is 10.8. The van der Waals surface area contributed by atoms with E-state index in [1.165, 1.54) is 12.1 Å². The van der Waals surface area contributed by atoms with Crippen LogP contribution in [0.5, 0.6) is 0 Å². The number of hydrogen-bond donors (Lipinski definition) is 1. The molecule has 0 saturated heterocycles. The second-order valence-corrected chi connectivity index (χ2v) is 10.8. The number of carbonyl (C=O) groups is 2. The van der Waals surface area contributed by atoms with E-state index in [1.807, 2.05) is 0 Å². The standard InChI is InChI=1S/C18H18F3NO3S.C8H5F3O/c1-10-17(26(2,24)25)15(16-13(22-10)4-3-5-14(16)23)11-6-8-12(9-7-11)18(19,20)21;9-8(10,11)7-3-1-6(5-12)2-4-7/h6-9,15,22H,3-5H2,1-2H3;1-5H. The summed E-state index contributed by atoms with van der Waals surface area (Å²) < 4.78 is 99.1. The molecule has 1 unspecified atom stereocenters. The minimum atomic E-state index is -4.48. The first-order valence-electron chi connectivity index (χ1n) is 11.3. The van der Waals surface area contributed by atoms with Crippen LogP contribution in [-0.2, 0) is 27.0 Å². The van der Waals surface area contributed by atoms with Gasteiger partial charge in [-0.1, -0.05) is 24.3 Å². The lowest BCUT2D eigenvalue weighted by molar-refractivity contribution is -0.138. The van der Waals surface area contributed by atoms with Crippen LogP contribution in [0.3, 0.4) is 0 Å². The normalized spacial score (nSPS) is 18.3. The highest BCUT2D eigenvalue weighted by molar-refractivity contribution is 7.94. The number of dihydropyridines is 1. The first kappa shape index (κ1) is 29.2. The van der Waals surface area contributed by atoms with Crippen molar-refractivity contribution in [2.45, 2.75) is 44.5 Å². The van der Waals surface area contributed by atoms with Crippen LogP contribution in [0.1, 0.15) is 59.2 Å². The summed E-state index contributed by atoms with van der Waals surface area (Å²) in [5.74, 6) is -1.05. The first-order chi connectivity index (χ1) is 17.5. The molecule has 12 heteroatoms. The number of aldehydes is 1. The van der Waals surface area contributed by atoms with Crippen molar-refractivity contribution in [3.8, 4) is 0 Å². The van der Waals surface area contributed by atoms with Crippen LogP contribution in [0.25, 0.3) is 0 Å². The van der Waals surface area contributed by atoms with E-state index in [1.54, 1.807) is 6.92 Å². The zero-order valence-corrected chi connectivity index (χ0v) is 21.0. The number of carbonyl (C=O) groups excluding carboxylic acids is 2. The maximum absolute atomic E-state index is 12.8. The van der Waals surface area contributed by atoms with Gasteiger partial charge in [-0.25, -0.2) is 8.42 Å². The molecule has 0 radical (unpaired) electrons. The SMILES string of the molecule is CC1=C(S(C)(=O)=O)C(c2ccc(C(F)(F)F)cc2)C2=C(CCCC2=O)N1.O=Cc1ccc(C(F)(F)F)cc1. The predicted octanol–water partition coefficient (Wildman–Crippen LogP) is 6.19. The van der Waals surface area contributed by atoms with Crippen molar-refractivity contribution in [2.24, 2.45) is 0 Å². The average molecular weight is 560 g/mol. The summed E-state index contributed by atoms with van der Waals surface area (Å²) in [6, 6.07) is 8.37. The van der Waals surface area contributed by atoms with E-state index in [9.17, 15) is 44.3 Å². The highest BCUT2D eigenvalue weighted by Crippen LogP contribution is 2.44. The molecule has 2 aromatic carbocycles. The molecule has 0 saturated carbocycles. The summed E-state index contributed by atoms with van der Waals surface area (Å²) in [5.41, 5.74) is 0.461. The zero-order valence-electron chi connectivity index (χ0n) is 20.2. The topological polar surface area (TPSA) is 80.3 Å². The lowest BCUT2D eigenvalue weighted by Crippen LogP contribution is -2.33. The van der Waals surface area contributed by atoms with Crippen molar-refractivity contribution in [1.82, 2.24) is 5.32 Å². The Labute approximate surface area is 215 Å². The molecule has 0 aromatic heterocycles. The lowest BCUT2D eigenvalue weighted by Gasteiger charge is -2.34. The van der Waals surface area contributed by atoms with Gasteiger partial charge in [0.15, 0.2) is 15.6 Å². The Balaban J connectivity index is 0.000000279. The fourth-order valence-corrected chi connectivity index (χ4v) is 5.68. The van der Waals surface area contributed by atoms with Crippen LogP contribution in [0.15, 0.2) is 70.4 Å². The van der Waals surface area contributed by atoms with E-state index in [0.717, 1.165) is 42.7 Å². The van der Waals surface area contributed by atoms with E-state index in [2.05, 4.69) is 5.32 Å². The van der Waals surface area contributed by atoms with Gasteiger partial charge in [0.25, 0.3) is 0 Å². The van der Waals surface area contributed by atoms with Gasteiger partial charge in [0.05, 0.1) is 21.9 Å². The van der Waals surface area contributed by atoms with E-state index in [4.69, 9.17) is 0 Å². The predicted molar refractivity (Wildman–Crippen MR) is 128 cm³/mol. The Morgan fingerprint density at radius 1 is 0.868 bits per heavy atom. The largest absolute Gasteiger partial charge is 0.416 e. The number of rotatable bonds is 3. The molecule has 0 bridgehead atoms. The molecule has 0 fully saturated rings. The molecule has 0 amide bonds. The van der Waals surface area contributed by atoms with Gasteiger partial charge in [-0.15, -0.1) is 0 Å². The van der Waals surface area contributed by atoms with Gasteiger partial charge in [0, 0.05) is 35.2 Å². The fraction of sp³-hybridized carbons (Fsp3) is 0.308. The maximum Gasteiger partial charge on any atom is 0.416 e. The van der Waals surface area contributed by atoms with Crippen molar-refractivity contribution in [1.29, 1.82) is 0 Å². The smallest absolute Gasteiger partial charge is 0.361 e. The summed E-state index contributed by atoms with van der Waals surface area (Å²) in [7, 11) is -3.68. The molecular weight excluding hydrogens is 536 g/mol. The minimum absolute atomic E-state index is 0.0336. The number of alkyl halides is 6. The van der Waals surface area contributed by atoms with Crippen LogP contribution in [-0.4, -0.2) is 26.7 Å². The van der Waals surface area contributed by atoms with Gasteiger partial charge in [-0.05, 0) is 49.6 Å². The van der Waals surface area contributed by atoms with Crippen LogP contribution in [0.2, 0.25) is 0 Å². The van der Waals surface area contributed by atoms with Gasteiger partial charge in [0.1, 0.15) is 6.29 Å². The van der Waals surface area contributed by atoms with Gasteiger partial charge in [-0.3, -0.25) is 9.59 Å². The van der Waals surface area contributed by atoms with Gasteiger partial charge in [0.2, 0.25) is 0 Å². The number of allylic oxidation sites excluding steroid dienone is 4. The Kier molecular flexibility index (Phi) is 8.25. The van der Waals surface area contributed by atoms with Crippen LogP contribution < -0.4 is 5.32 Å². The van der Waals surface area contributed by atoms with E-state index in [0.29, 0.717) is 48.1 Å². The fourth-order valence-electron chi connectivity index (χ4n) is 4.39. The average Bonchev–Trinajstić information content (AvgIpc) is 2.82. The molecule has 204 valence electrons. The molecule has 1 heterocycles. The van der Waals surface area contributed by atoms with Crippen molar-refractivity contribution in [3.63, 3.8) is 0 Å². The number of ketones is 1. The van der Waals surface area contributed by atoms with Crippen molar-refractivity contribution < 1.29 is 44.3 Å². The van der Waals surface area contributed by atoms with Crippen LogP contribution in [0.4, 0.5) is 26.3 Å². The number of Topliss-reactive ketones (excluding diaryl/α,β-unsaturated/α-hetero) is 1. The maximum atomic E-state index is 12.8. The second-order valence-electron chi connectivity index (χ2n) is 8.85. The van der Waals surface area contributed by atoms with E-state index < -0.39 is 39.2 Å². The summed E-state index contributed by atoms with van der Waals surface area (Å²) in [6.07, 6.45) is -5.71. The molecule has 2 aliphatic rings. The molecule has 1 aliphatic heterocycles. The van der Waals surface area contributed by atoms with Crippen molar-refractivity contribution >= 4 is 21.9 Å². The third kappa shape index (κ3) is 6.53. The van der Waals surface area contributed by atoms with Gasteiger partial charge >= 0.3 is 12.4 Å². The molecule has 1 aliphatic carbocycles. The third-order valence-electron chi connectivity index (χ3n) is 6.06. The molecule has 38 heavy (non-hydrogen) atoms. The van der Waals surface area contributed by atoms with Crippen molar-refractivity contribution in [2.75, 3.05) is 6.26 Å². The Morgan fingerprint density at radius 3 is 1.82 bits per heavy atom. The Morgan fingerprint density at radius 2 is 1.37 bits per heavy atom. The highest BCUT2D eigenvalue weighted by atomic mass is 32.2. The van der Waals surface area contributed by atoms with Crippen LogP contribution in [0, 0.1) is 0 Å². The first-order valence-corrected chi connectivity index (χ1v) is 13.2. The molecule has 2 aromatic rings. The molecule has 1 atom stereocenters. The molecule has 4 rings (SSSR count). The molecule has 1 N–H and O–H groups in total. The number of benzene rings is 2. The summed E-state index contributed by atoms with van der Waals surface area (Å²) in [4.78, 5) is 22.6. The summed E-state index contributed by atoms with van der Waals surface area (Å²) in [5, 5.41) is 3.02. The molecular formula is C26H23F6NO4S. The monoisotopic (exact) mass is 559 g/mol. The van der Waals surface area contributed by atoms with Gasteiger partial charge in [-0.2, -0.15) is 26.3 Å². The quantitative estimate of drug-likeness (QED) is 0.358. The van der Waals surface area contributed by atoms with E-state index >= 15 is 0 Å². The number of hydrogen-bond acceptors (Lipinski definition) is 5. The Bertz CT molecular complexity index is 1390. The minimum Gasteiger partial charge on any atom is -0.361 e. The van der Waals surface area contributed by atoms with Crippen LogP contribution >= 0.6 is 0 Å². The van der Waals surface area contributed by atoms with E-state index in [-0.39, 0.29) is 16.3 Å². The molecule has 0 spiro atoms. The molecule has 5 nitrogen and oxygen atoms in total. The number of nitrogens with one attached hydrogen (secondary N) is 1. The lowest BCUT2D eigenvalue weighted by atomic mass is 9.79.